The van der Waals surface area contributed by atoms with Crippen LogP contribution in [-0.4, -0.2) is 50.5 Å². The van der Waals surface area contributed by atoms with Gasteiger partial charge in [-0.3, -0.25) is 4.79 Å². The summed E-state index contributed by atoms with van der Waals surface area (Å²) in [5.41, 5.74) is 1.68. The third kappa shape index (κ3) is 3.83. The maximum atomic E-state index is 13.7. The van der Waals surface area contributed by atoms with Gasteiger partial charge in [0.15, 0.2) is 5.65 Å². The summed E-state index contributed by atoms with van der Waals surface area (Å²) in [5.74, 6) is 0.529. The van der Waals surface area contributed by atoms with Crippen LogP contribution in [0.5, 0.6) is 0 Å². The highest BCUT2D eigenvalue weighted by Crippen LogP contribution is 2.78. The van der Waals surface area contributed by atoms with E-state index in [0.717, 1.165) is 23.4 Å². The molecule has 5 fully saturated rings. The van der Waals surface area contributed by atoms with Crippen molar-refractivity contribution in [1.82, 2.24) is 24.5 Å². The molecule has 0 N–H and O–H groups in total. The second kappa shape index (κ2) is 8.54. The van der Waals surface area contributed by atoms with E-state index >= 15 is 0 Å². The number of rotatable bonds is 4. The van der Waals surface area contributed by atoms with Gasteiger partial charge in [-0.1, -0.05) is 0 Å². The molecule has 3 saturated carbocycles. The number of hydrogen-bond donors (Lipinski definition) is 0. The van der Waals surface area contributed by atoms with Crippen LogP contribution in [0, 0.1) is 19.3 Å². The van der Waals surface area contributed by atoms with Crippen LogP contribution in [-0.2, 0) is 14.9 Å². The molecule has 11 heteroatoms. The Hall–Kier alpha value is -2.92. The highest BCUT2D eigenvalue weighted by Gasteiger charge is 2.79. The Kier molecular flexibility index (Phi) is 5.49. The Bertz CT molecular complexity index is 1510. The zero-order valence-corrected chi connectivity index (χ0v) is 21.9. The molecular formula is C28H30F3N5O3. The van der Waals surface area contributed by atoms with Gasteiger partial charge in [0.1, 0.15) is 11.3 Å². The van der Waals surface area contributed by atoms with Crippen LogP contribution < -0.4 is 5.56 Å². The molecule has 5 aliphatic rings. The van der Waals surface area contributed by atoms with Gasteiger partial charge in [-0.05, 0) is 64.0 Å². The molecule has 5 heterocycles. The predicted molar refractivity (Wildman–Crippen MR) is 134 cm³/mol. The predicted octanol–water partition coefficient (Wildman–Crippen LogP) is 4.78. The number of nitrogens with zero attached hydrogens (tertiary/aromatic N) is 5. The quantitative estimate of drug-likeness (QED) is 0.470. The molecule has 3 atom stereocenters. The number of pyridine rings is 1. The van der Waals surface area contributed by atoms with Crippen molar-refractivity contribution in [1.29, 1.82) is 0 Å². The Morgan fingerprint density at radius 1 is 1.00 bits per heavy atom. The molecule has 3 aromatic heterocycles. The SMILES string of the molecule is Cc1nc2nc(C3CCOC(c4ccc(=O)n(C5CCOC5)c4)C3)nc(C34CC(C(F)(F)F)(C3)C4)c2nc1C. The maximum absolute atomic E-state index is 13.7. The average Bonchev–Trinajstić information content (AvgIpc) is 3.37. The fraction of sp³-hybridized carbons (Fsp3) is 0.607. The van der Waals surface area contributed by atoms with E-state index in [1.165, 1.54) is 0 Å². The molecule has 8 rings (SSSR count). The fourth-order valence-corrected chi connectivity index (χ4v) is 7.02. The molecule has 0 spiro atoms. The van der Waals surface area contributed by atoms with E-state index in [-0.39, 0.29) is 42.9 Å². The summed E-state index contributed by atoms with van der Waals surface area (Å²) in [7, 11) is 0. The first-order valence-corrected chi connectivity index (χ1v) is 13.6. The third-order valence-electron chi connectivity index (χ3n) is 9.37. The minimum Gasteiger partial charge on any atom is -0.379 e. The van der Waals surface area contributed by atoms with E-state index in [2.05, 4.69) is 4.98 Å². The number of aryl methyl sites for hydroxylation is 2. The molecule has 2 aliphatic heterocycles. The molecule has 2 saturated heterocycles. The van der Waals surface area contributed by atoms with E-state index in [0.29, 0.717) is 55.3 Å². The van der Waals surface area contributed by atoms with Gasteiger partial charge in [0.05, 0.1) is 41.2 Å². The first-order chi connectivity index (χ1) is 18.6. The topological polar surface area (TPSA) is 92.0 Å². The number of fused-ring (bicyclic) bond motifs is 1. The van der Waals surface area contributed by atoms with Gasteiger partial charge in [0, 0.05) is 36.8 Å². The van der Waals surface area contributed by atoms with Crippen LogP contribution in [0.1, 0.15) is 85.1 Å². The van der Waals surface area contributed by atoms with Gasteiger partial charge in [0.25, 0.3) is 5.56 Å². The first kappa shape index (κ1) is 25.1. The normalized spacial score (nSPS) is 32.2. The van der Waals surface area contributed by atoms with Crippen molar-refractivity contribution in [2.45, 2.75) is 82.0 Å². The molecule has 0 aromatic carbocycles. The van der Waals surface area contributed by atoms with E-state index in [1.807, 2.05) is 26.1 Å². The lowest BCUT2D eigenvalue weighted by atomic mass is 9.34. The van der Waals surface area contributed by atoms with Gasteiger partial charge in [0.2, 0.25) is 0 Å². The van der Waals surface area contributed by atoms with Gasteiger partial charge in [-0.2, -0.15) is 13.2 Å². The lowest BCUT2D eigenvalue weighted by Crippen LogP contribution is -2.70. The number of halogens is 3. The van der Waals surface area contributed by atoms with Gasteiger partial charge >= 0.3 is 6.18 Å². The van der Waals surface area contributed by atoms with Crippen LogP contribution in [0.3, 0.4) is 0 Å². The molecular weight excluding hydrogens is 511 g/mol. The molecule has 3 aliphatic carbocycles. The lowest BCUT2D eigenvalue weighted by Gasteiger charge is -2.70. The van der Waals surface area contributed by atoms with E-state index < -0.39 is 17.0 Å². The summed E-state index contributed by atoms with van der Waals surface area (Å²) >= 11 is 0. The van der Waals surface area contributed by atoms with Crippen molar-refractivity contribution in [3.05, 3.63) is 57.2 Å². The Balaban J connectivity index is 1.23. The summed E-state index contributed by atoms with van der Waals surface area (Å²) < 4.78 is 54.3. The van der Waals surface area contributed by atoms with Crippen molar-refractivity contribution < 1.29 is 22.6 Å². The average molecular weight is 542 g/mol. The molecule has 39 heavy (non-hydrogen) atoms. The fourth-order valence-electron chi connectivity index (χ4n) is 7.02. The van der Waals surface area contributed by atoms with Crippen LogP contribution in [0.25, 0.3) is 11.2 Å². The lowest BCUT2D eigenvalue weighted by molar-refractivity contribution is -0.337. The zero-order chi connectivity index (χ0) is 27.2. The Morgan fingerprint density at radius 3 is 2.49 bits per heavy atom. The number of aromatic nitrogens is 5. The second-order valence-electron chi connectivity index (χ2n) is 11.9. The van der Waals surface area contributed by atoms with Crippen LogP contribution in [0.4, 0.5) is 13.2 Å². The Morgan fingerprint density at radius 2 is 1.77 bits per heavy atom. The minimum atomic E-state index is -4.20. The summed E-state index contributed by atoms with van der Waals surface area (Å²) in [6.45, 7) is 5.34. The molecule has 8 nitrogen and oxygen atoms in total. The maximum Gasteiger partial charge on any atom is 0.394 e. The van der Waals surface area contributed by atoms with Crippen molar-refractivity contribution in [3.63, 3.8) is 0 Å². The van der Waals surface area contributed by atoms with Crippen LogP contribution in [0.15, 0.2) is 23.1 Å². The zero-order valence-electron chi connectivity index (χ0n) is 21.9. The minimum absolute atomic E-state index is 0.0153. The van der Waals surface area contributed by atoms with Crippen molar-refractivity contribution in [3.8, 4) is 0 Å². The molecule has 0 radical (unpaired) electrons. The molecule has 0 amide bonds. The summed E-state index contributed by atoms with van der Waals surface area (Å²) in [5, 5.41) is 0. The van der Waals surface area contributed by atoms with Gasteiger partial charge in [-0.15, -0.1) is 0 Å². The summed E-state index contributed by atoms with van der Waals surface area (Å²) in [6.07, 6.45) is -0.355. The largest absolute Gasteiger partial charge is 0.394 e. The summed E-state index contributed by atoms with van der Waals surface area (Å²) in [6, 6.07) is 3.40. The Labute approximate surface area is 223 Å². The molecule has 2 bridgehead atoms. The molecule has 206 valence electrons. The second-order valence-corrected chi connectivity index (χ2v) is 11.9. The van der Waals surface area contributed by atoms with Crippen LogP contribution in [0.2, 0.25) is 0 Å². The van der Waals surface area contributed by atoms with Crippen molar-refractivity contribution in [2.24, 2.45) is 5.41 Å². The number of ether oxygens (including phenoxy) is 2. The van der Waals surface area contributed by atoms with Crippen LogP contribution >= 0.6 is 0 Å². The smallest absolute Gasteiger partial charge is 0.379 e. The monoisotopic (exact) mass is 541 g/mol. The van der Waals surface area contributed by atoms with Crippen molar-refractivity contribution >= 4 is 11.2 Å². The third-order valence-corrected chi connectivity index (χ3v) is 9.37. The molecule has 3 aromatic rings. The number of alkyl halides is 3. The van der Waals surface area contributed by atoms with E-state index in [4.69, 9.17) is 24.4 Å². The van der Waals surface area contributed by atoms with Gasteiger partial charge in [-0.25, -0.2) is 19.9 Å². The highest BCUT2D eigenvalue weighted by molar-refractivity contribution is 5.75. The standard InChI is InChI=1S/C28H30F3N5O3/c1-15-16(2)33-25-22(32-15)23(26-12-27(13-26,14-26)28(29,30)31)34-24(35-25)17-5-8-39-20(9-17)18-3-4-21(37)36(10-18)19-6-7-38-11-19/h3-4,10,17,19-20H,5-9,11-14H2,1-2H3. The van der Waals surface area contributed by atoms with Crippen molar-refractivity contribution in [2.75, 3.05) is 19.8 Å². The van der Waals surface area contributed by atoms with E-state index in [1.54, 1.807) is 10.6 Å². The van der Waals surface area contributed by atoms with Gasteiger partial charge < -0.3 is 14.0 Å². The summed E-state index contributed by atoms with van der Waals surface area (Å²) in [4.78, 5) is 31.7. The molecule has 3 unspecified atom stereocenters. The number of hydrogen-bond acceptors (Lipinski definition) is 7. The highest BCUT2D eigenvalue weighted by atomic mass is 19.4. The first-order valence-electron chi connectivity index (χ1n) is 13.6. The van der Waals surface area contributed by atoms with E-state index in [9.17, 15) is 18.0 Å².